The van der Waals surface area contributed by atoms with Gasteiger partial charge in [-0.15, -0.1) is 11.8 Å². The van der Waals surface area contributed by atoms with Gasteiger partial charge in [-0.25, -0.2) is 0 Å². The van der Waals surface area contributed by atoms with Gasteiger partial charge in [-0.1, -0.05) is 18.2 Å². The minimum Gasteiger partial charge on any atom is -0.317 e. The second kappa shape index (κ2) is 4.85. The average molecular weight is 207 g/mol. The molecule has 1 nitrogen and oxygen atoms in total. The van der Waals surface area contributed by atoms with Crippen LogP contribution in [0.25, 0.3) is 0 Å². The molecule has 0 radical (unpaired) electrons. The van der Waals surface area contributed by atoms with Crippen LogP contribution < -0.4 is 5.32 Å². The number of piperidine rings is 1. The molecule has 0 saturated carbocycles. The monoisotopic (exact) mass is 207 g/mol. The van der Waals surface area contributed by atoms with E-state index in [0.29, 0.717) is 0 Å². The van der Waals surface area contributed by atoms with Crippen LogP contribution in [0.2, 0.25) is 0 Å². The third-order valence-corrected chi connectivity index (χ3v) is 4.19. The van der Waals surface area contributed by atoms with Crippen molar-refractivity contribution in [3.63, 3.8) is 0 Å². The lowest BCUT2D eigenvalue weighted by molar-refractivity contribution is 0.531. The van der Waals surface area contributed by atoms with Gasteiger partial charge in [-0.05, 0) is 44.5 Å². The molecule has 14 heavy (non-hydrogen) atoms. The van der Waals surface area contributed by atoms with Crippen LogP contribution >= 0.6 is 11.8 Å². The summed E-state index contributed by atoms with van der Waals surface area (Å²) in [5, 5.41) is 4.22. The maximum absolute atomic E-state index is 3.40. The molecule has 1 aromatic rings. The maximum atomic E-state index is 3.40. The van der Waals surface area contributed by atoms with Crippen LogP contribution in [-0.2, 0) is 0 Å². The molecule has 0 aliphatic carbocycles. The number of hydrogen-bond donors (Lipinski definition) is 1. The molecular weight excluding hydrogens is 190 g/mol. The molecule has 1 fully saturated rings. The summed E-state index contributed by atoms with van der Waals surface area (Å²) >= 11 is 2.05. The van der Waals surface area contributed by atoms with Crippen LogP contribution in [0.1, 0.15) is 18.4 Å². The van der Waals surface area contributed by atoms with Gasteiger partial charge in [-0.2, -0.15) is 0 Å². The van der Waals surface area contributed by atoms with Gasteiger partial charge in [0.25, 0.3) is 0 Å². The topological polar surface area (TPSA) is 12.0 Å². The second-order valence-electron chi connectivity index (χ2n) is 3.83. The van der Waals surface area contributed by atoms with Gasteiger partial charge >= 0.3 is 0 Å². The zero-order valence-electron chi connectivity index (χ0n) is 8.62. The fraction of sp³-hybridized carbons (Fsp3) is 0.500. The third-order valence-electron chi connectivity index (χ3n) is 2.67. The van der Waals surface area contributed by atoms with Crippen LogP contribution in [0.5, 0.6) is 0 Å². The fourth-order valence-electron chi connectivity index (χ4n) is 1.78. The summed E-state index contributed by atoms with van der Waals surface area (Å²) in [6.45, 7) is 4.57. The Hall–Kier alpha value is -0.470. The summed E-state index contributed by atoms with van der Waals surface area (Å²) in [6.07, 6.45) is 2.61. The minimum absolute atomic E-state index is 0.817. The smallest absolute Gasteiger partial charge is 0.0119 e. The predicted octanol–water partition coefficient (Wildman–Crippen LogP) is 2.84. The normalized spacial score (nSPS) is 18.4. The Morgan fingerprint density at radius 1 is 1.21 bits per heavy atom. The Morgan fingerprint density at radius 2 is 1.93 bits per heavy atom. The molecule has 0 atom stereocenters. The van der Waals surface area contributed by atoms with Crippen molar-refractivity contribution in [2.45, 2.75) is 29.9 Å². The molecule has 1 aliphatic heterocycles. The van der Waals surface area contributed by atoms with Crippen molar-refractivity contribution in [3.8, 4) is 0 Å². The highest BCUT2D eigenvalue weighted by molar-refractivity contribution is 8.00. The molecule has 0 bridgehead atoms. The molecule has 0 spiro atoms. The van der Waals surface area contributed by atoms with Gasteiger partial charge in [-0.3, -0.25) is 0 Å². The number of rotatable bonds is 2. The molecule has 1 saturated heterocycles. The Balaban J connectivity index is 1.99. The number of benzene rings is 1. The van der Waals surface area contributed by atoms with E-state index in [0.717, 1.165) is 5.25 Å². The molecule has 0 unspecified atom stereocenters. The lowest BCUT2D eigenvalue weighted by atomic mass is 10.2. The van der Waals surface area contributed by atoms with E-state index in [-0.39, 0.29) is 0 Å². The van der Waals surface area contributed by atoms with Crippen molar-refractivity contribution in [1.29, 1.82) is 0 Å². The first kappa shape index (κ1) is 10.1. The molecule has 76 valence electrons. The van der Waals surface area contributed by atoms with E-state index in [9.17, 15) is 0 Å². The lowest BCUT2D eigenvalue weighted by Crippen LogP contribution is -2.29. The molecule has 2 heteroatoms. The molecule has 0 aromatic heterocycles. The van der Waals surface area contributed by atoms with E-state index in [1.807, 2.05) is 0 Å². The van der Waals surface area contributed by atoms with Crippen LogP contribution in [-0.4, -0.2) is 18.3 Å². The highest BCUT2D eigenvalue weighted by Crippen LogP contribution is 2.30. The van der Waals surface area contributed by atoms with Crippen molar-refractivity contribution in [3.05, 3.63) is 29.8 Å². The van der Waals surface area contributed by atoms with Crippen molar-refractivity contribution >= 4 is 11.8 Å². The molecule has 1 aromatic carbocycles. The van der Waals surface area contributed by atoms with E-state index in [1.54, 1.807) is 0 Å². The fourth-order valence-corrected chi connectivity index (χ4v) is 3.02. The first-order valence-corrected chi connectivity index (χ1v) is 6.17. The molecule has 1 N–H and O–H groups in total. The molecular formula is C12H17NS. The zero-order valence-corrected chi connectivity index (χ0v) is 9.44. The van der Waals surface area contributed by atoms with E-state index in [4.69, 9.17) is 0 Å². The van der Waals surface area contributed by atoms with Crippen molar-refractivity contribution in [2.24, 2.45) is 0 Å². The summed E-state index contributed by atoms with van der Waals surface area (Å²) in [6, 6.07) is 8.68. The Bertz CT molecular complexity index is 292. The Morgan fingerprint density at radius 3 is 2.64 bits per heavy atom. The van der Waals surface area contributed by atoms with Gasteiger partial charge in [0, 0.05) is 10.1 Å². The summed E-state index contributed by atoms with van der Waals surface area (Å²) in [5.74, 6) is 0. The summed E-state index contributed by atoms with van der Waals surface area (Å²) in [7, 11) is 0. The van der Waals surface area contributed by atoms with Gasteiger partial charge in [0.05, 0.1) is 0 Å². The van der Waals surface area contributed by atoms with Crippen LogP contribution in [0.15, 0.2) is 29.2 Å². The van der Waals surface area contributed by atoms with E-state index in [2.05, 4.69) is 48.3 Å². The predicted molar refractivity (Wildman–Crippen MR) is 62.9 cm³/mol. The maximum Gasteiger partial charge on any atom is 0.0119 e. The van der Waals surface area contributed by atoms with Gasteiger partial charge in [0.1, 0.15) is 0 Å². The first-order chi connectivity index (χ1) is 6.86. The number of nitrogens with one attached hydrogen (secondary N) is 1. The van der Waals surface area contributed by atoms with Crippen molar-refractivity contribution in [2.75, 3.05) is 13.1 Å². The lowest BCUT2D eigenvalue weighted by Gasteiger charge is -2.22. The molecule has 0 amide bonds. The third kappa shape index (κ3) is 2.52. The summed E-state index contributed by atoms with van der Waals surface area (Å²) in [4.78, 5) is 1.46. The Labute approximate surface area is 90.3 Å². The average Bonchev–Trinajstić information content (AvgIpc) is 2.23. The molecule has 1 aliphatic rings. The summed E-state index contributed by atoms with van der Waals surface area (Å²) in [5.41, 5.74) is 1.41. The van der Waals surface area contributed by atoms with Gasteiger partial charge in [0.2, 0.25) is 0 Å². The van der Waals surface area contributed by atoms with Crippen molar-refractivity contribution in [1.82, 2.24) is 5.32 Å². The number of thioether (sulfide) groups is 1. The number of aryl methyl sites for hydroxylation is 1. The zero-order chi connectivity index (χ0) is 9.80. The van der Waals surface area contributed by atoms with Crippen molar-refractivity contribution < 1.29 is 0 Å². The van der Waals surface area contributed by atoms with Crippen LogP contribution in [0.3, 0.4) is 0 Å². The standard InChI is InChI=1S/C12H17NS/c1-10-4-2-3-5-12(10)14-11-6-8-13-9-7-11/h2-5,11,13H,6-9H2,1H3. The van der Waals surface area contributed by atoms with Gasteiger partial charge in [0.15, 0.2) is 0 Å². The highest BCUT2D eigenvalue weighted by atomic mass is 32.2. The summed E-state index contributed by atoms with van der Waals surface area (Å²) < 4.78 is 0. The molecule has 1 heterocycles. The first-order valence-electron chi connectivity index (χ1n) is 5.29. The largest absolute Gasteiger partial charge is 0.317 e. The van der Waals surface area contributed by atoms with E-state index < -0.39 is 0 Å². The Kier molecular flexibility index (Phi) is 3.49. The quantitative estimate of drug-likeness (QED) is 0.800. The second-order valence-corrected chi connectivity index (χ2v) is 5.17. The molecule has 2 rings (SSSR count). The number of hydrogen-bond acceptors (Lipinski definition) is 2. The minimum atomic E-state index is 0.817. The van der Waals surface area contributed by atoms with E-state index >= 15 is 0 Å². The SMILES string of the molecule is Cc1ccccc1SC1CCNCC1. The van der Waals surface area contributed by atoms with Gasteiger partial charge < -0.3 is 5.32 Å². The van der Waals surface area contributed by atoms with Crippen LogP contribution in [0.4, 0.5) is 0 Å². The highest BCUT2D eigenvalue weighted by Gasteiger charge is 2.14. The van der Waals surface area contributed by atoms with Crippen LogP contribution in [0, 0.1) is 6.92 Å². The van der Waals surface area contributed by atoms with E-state index in [1.165, 1.54) is 36.4 Å².